The molecular formula is C77H150O17P2. The normalized spacial score (nSPS) is 14.3. The fraction of sp³-hybridized carbons (Fsp3) is 0.948. The number of ether oxygens (including phenoxy) is 4. The summed E-state index contributed by atoms with van der Waals surface area (Å²) >= 11 is 0. The number of carbonyl (C=O) groups is 4. The highest BCUT2D eigenvalue weighted by Crippen LogP contribution is 2.45. The third-order valence-electron chi connectivity index (χ3n) is 18.3. The predicted molar refractivity (Wildman–Crippen MR) is 391 cm³/mol. The van der Waals surface area contributed by atoms with Crippen LogP contribution in [0.25, 0.3) is 0 Å². The smallest absolute Gasteiger partial charge is 0.462 e. The van der Waals surface area contributed by atoms with Crippen LogP contribution in [0.1, 0.15) is 401 Å². The van der Waals surface area contributed by atoms with Gasteiger partial charge in [0, 0.05) is 25.7 Å². The second kappa shape index (κ2) is 68.8. The molecule has 0 saturated carbocycles. The summed E-state index contributed by atoms with van der Waals surface area (Å²) in [5.74, 6) is -0.584. The average Bonchev–Trinajstić information content (AvgIpc) is 1.51. The van der Waals surface area contributed by atoms with E-state index in [0.717, 1.165) is 109 Å². The van der Waals surface area contributed by atoms with Gasteiger partial charge in [0.15, 0.2) is 12.2 Å². The molecule has 0 radical (unpaired) electrons. The Bertz CT molecular complexity index is 1860. The minimum atomic E-state index is -4.96. The van der Waals surface area contributed by atoms with Crippen LogP contribution in [0, 0.1) is 11.8 Å². The van der Waals surface area contributed by atoms with Crippen LogP contribution in [0.4, 0.5) is 0 Å². The Morgan fingerprint density at radius 3 is 0.792 bits per heavy atom. The van der Waals surface area contributed by atoms with Gasteiger partial charge in [0.1, 0.15) is 19.3 Å². The first-order valence-corrected chi connectivity index (χ1v) is 43.0. The van der Waals surface area contributed by atoms with Crippen LogP contribution < -0.4 is 0 Å². The van der Waals surface area contributed by atoms with Crippen molar-refractivity contribution in [3.63, 3.8) is 0 Å². The molecule has 3 N–H and O–H groups in total. The van der Waals surface area contributed by atoms with Gasteiger partial charge in [-0.1, -0.05) is 350 Å². The SMILES string of the molecule is CCCCCCCCCCCCCCCCCCCCC(=O)OC[C@H](COP(=O)(O)OC[C@@H](O)COP(=O)(O)OC[C@@H](COC(=O)CCCCCCCCC)OC(=O)CCCCCCCCC(C)C)OC(=O)CCCCCCCCCCCCCCCCCCCCC(C)CC. The minimum absolute atomic E-state index is 0.102. The Labute approximate surface area is 588 Å². The first-order valence-electron chi connectivity index (χ1n) is 40.0. The Kier molecular flexibility index (Phi) is 67.4. The van der Waals surface area contributed by atoms with Crippen molar-refractivity contribution in [2.45, 2.75) is 419 Å². The lowest BCUT2D eigenvalue weighted by molar-refractivity contribution is -0.161. The highest BCUT2D eigenvalue weighted by atomic mass is 31.2. The number of hydrogen-bond donors (Lipinski definition) is 3. The molecule has 0 bridgehead atoms. The lowest BCUT2D eigenvalue weighted by Gasteiger charge is -2.21. The molecule has 0 aliphatic rings. The molecule has 0 saturated heterocycles. The molecule has 17 nitrogen and oxygen atoms in total. The molecule has 0 spiro atoms. The number of aliphatic hydroxyl groups is 1. The van der Waals surface area contributed by atoms with E-state index >= 15 is 0 Å². The van der Waals surface area contributed by atoms with Gasteiger partial charge in [-0.3, -0.25) is 37.3 Å². The zero-order valence-corrected chi connectivity index (χ0v) is 64.5. The fourth-order valence-electron chi connectivity index (χ4n) is 11.8. The van der Waals surface area contributed by atoms with E-state index in [1.54, 1.807) is 0 Å². The van der Waals surface area contributed by atoms with E-state index in [0.29, 0.717) is 31.6 Å². The molecule has 6 atom stereocenters. The molecule has 0 aromatic carbocycles. The summed E-state index contributed by atoms with van der Waals surface area (Å²) in [5.41, 5.74) is 0. The Morgan fingerprint density at radius 2 is 0.531 bits per heavy atom. The number of hydrogen-bond acceptors (Lipinski definition) is 15. The van der Waals surface area contributed by atoms with Gasteiger partial charge >= 0.3 is 39.5 Å². The molecule has 570 valence electrons. The number of aliphatic hydroxyl groups excluding tert-OH is 1. The standard InChI is InChI=1S/C77H150O17P2/c1-7-10-12-14-16-17-18-19-20-21-25-28-31-34-37-41-48-54-60-75(80)88-66-72(93-76(81)61-55-49-42-38-35-32-29-26-23-22-24-27-30-33-36-40-46-52-58-70(6)9-3)67-91-95(83,84)89-63-71(78)64-90-96(85,86)92-68-73(65-87-74(79)59-53-47-39-15-13-11-8-2)94-77(82)62-56-50-44-43-45-51-57-69(4)5/h69-73,78H,7-68H2,1-6H3,(H,83,84)(H,85,86)/t70?,71-,72-,73-/m1/s1. The zero-order chi connectivity index (χ0) is 70.7. The topological polar surface area (TPSA) is 237 Å². The predicted octanol–water partition coefficient (Wildman–Crippen LogP) is 22.7. The molecule has 0 rings (SSSR count). The van der Waals surface area contributed by atoms with Gasteiger partial charge in [-0.2, -0.15) is 0 Å². The first kappa shape index (κ1) is 94.1. The molecule has 0 aliphatic heterocycles. The van der Waals surface area contributed by atoms with E-state index in [1.165, 1.54) is 205 Å². The summed E-state index contributed by atoms with van der Waals surface area (Å²) in [6.07, 6.45) is 57.4. The summed E-state index contributed by atoms with van der Waals surface area (Å²) in [5, 5.41) is 10.6. The Hall–Kier alpha value is -1.94. The number of phosphoric ester groups is 2. The second-order valence-electron chi connectivity index (χ2n) is 28.5. The first-order chi connectivity index (χ1) is 46.4. The summed E-state index contributed by atoms with van der Waals surface area (Å²) in [7, 11) is -9.90. The van der Waals surface area contributed by atoms with Gasteiger partial charge in [-0.15, -0.1) is 0 Å². The van der Waals surface area contributed by atoms with E-state index in [1.807, 2.05) is 0 Å². The number of phosphoric acid groups is 2. The van der Waals surface area contributed by atoms with Crippen molar-refractivity contribution < 1.29 is 80.2 Å². The van der Waals surface area contributed by atoms with Crippen LogP contribution in [-0.2, 0) is 65.4 Å². The maximum atomic E-state index is 13.1. The highest BCUT2D eigenvalue weighted by Gasteiger charge is 2.30. The van der Waals surface area contributed by atoms with Gasteiger partial charge in [0.25, 0.3) is 0 Å². The largest absolute Gasteiger partial charge is 0.472 e. The summed E-state index contributed by atoms with van der Waals surface area (Å²) < 4.78 is 68.3. The number of carbonyl (C=O) groups excluding carboxylic acids is 4. The average molecular weight is 1410 g/mol. The molecule has 0 aromatic heterocycles. The van der Waals surface area contributed by atoms with Crippen molar-refractivity contribution in [1.29, 1.82) is 0 Å². The molecule has 0 aliphatic carbocycles. The van der Waals surface area contributed by atoms with Crippen molar-refractivity contribution in [3.05, 3.63) is 0 Å². The summed E-state index contributed by atoms with van der Waals surface area (Å²) in [6, 6.07) is 0. The van der Waals surface area contributed by atoms with E-state index in [4.69, 9.17) is 37.0 Å². The van der Waals surface area contributed by atoms with Gasteiger partial charge in [0.05, 0.1) is 26.4 Å². The van der Waals surface area contributed by atoms with Crippen molar-refractivity contribution in [1.82, 2.24) is 0 Å². The zero-order valence-electron chi connectivity index (χ0n) is 62.7. The molecule has 0 aromatic rings. The van der Waals surface area contributed by atoms with Crippen molar-refractivity contribution in [2.75, 3.05) is 39.6 Å². The van der Waals surface area contributed by atoms with Crippen LogP contribution in [0.2, 0.25) is 0 Å². The van der Waals surface area contributed by atoms with Crippen LogP contribution in [0.15, 0.2) is 0 Å². The van der Waals surface area contributed by atoms with Crippen molar-refractivity contribution in [2.24, 2.45) is 11.8 Å². The molecule has 0 heterocycles. The third kappa shape index (κ3) is 69.2. The number of unbranched alkanes of at least 4 members (excludes halogenated alkanes) is 45. The number of esters is 4. The van der Waals surface area contributed by atoms with Crippen molar-refractivity contribution >= 4 is 39.5 Å². The van der Waals surface area contributed by atoms with Gasteiger partial charge in [0.2, 0.25) is 0 Å². The minimum Gasteiger partial charge on any atom is -0.462 e. The molecule has 19 heteroatoms. The molecule has 96 heavy (non-hydrogen) atoms. The molecule has 0 amide bonds. The molecular weight excluding hydrogens is 1260 g/mol. The van der Waals surface area contributed by atoms with E-state index in [9.17, 15) is 43.2 Å². The van der Waals surface area contributed by atoms with Gasteiger partial charge < -0.3 is 33.8 Å². The van der Waals surface area contributed by atoms with Crippen LogP contribution in [0.3, 0.4) is 0 Å². The van der Waals surface area contributed by atoms with E-state index in [-0.39, 0.29) is 25.7 Å². The fourth-order valence-corrected chi connectivity index (χ4v) is 13.4. The third-order valence-corrected chi connectivity index (χ3v) is 20.2. The monoisotopic (exact) mass is 1410 g/mol. The maximum Gasteiger partial charge on any atom is 0.472 e. The molecule has 3 unspecified atom stereocenters. The van der Waals surface area contributed by atoms with Crippen LogP contribution >= 0.6 is 15.6 Å². The van der Waals surface area contributed by atoms with Crippen molar-refractivity contribution in [3.8, 4) is 0 Å². The quantitative estimate of drug-likeness (QED) is 0.0222. The lowest BCUT2D eigenvalue weighted by Crippen LogP contribution is -2.30. The Balaban J connectivity index is 5.13. The van der Waals surface area contributed by atoms with Gasteiger partial charge in [-0.25, -0.2) is 9.13 Å². The summed E-state index contributed by atoms with van der Waals surface area (Å²) in [4.78, 5) is 72.6. The maximum absolute atomic E-state index is 13.1. The molecule has 0 fully saturated rings. The van der Waals surface area contributed by atoms with Crippen LogP contribution in [0.5, 0.6) is 0 Å². The lowest BCUT2D eigenvalue weighted by atomic mass is 9.99. The van der Waals surface area contributed by atoms with Crippen LogP contribution in [-0.4, -0.2) is 96.7 Å². The summed E-state index contributed by atoms with van der Waals surface area (Å²) in [6.45, 7) is 9.53. The second-order valence-corrected chi connectivity index (χ2v) is 31.4. The number of rotatable bonds is 76. The van der Waals surface area contributed by atoms with Gasteiger partial charge in [-0.05, 0) is 37.5 Å². The highest BCUT2D eigenvalue weighted by molar-refractivity contribution is 7.47. The Morgan fingerprint density at radius 1 is 0.302 bits per heavy atom. The van der Waals surface area contributed by atoms with E-state index < -0.39 is 97.5 Å². The van der Waals surface area contributed by atoms with E-state index in [2.05, 4.69) is 41.5 Å².